The van der Waals surface area contributed by atoms with Crippen molar-refractivity contribution in [2.45, 2.75) is 24.2 Å². The molecule has 288 valence electrons. The van der Waals surface area contributed by atoms with Crippen molar-refractivity contribution in [1.82, 2.24) is 39.9 Å². The van der Waals surface area contributed by atoms with E-state index in [0.717, 1.165) is 33.6 Å². The predicted molar refractivity (Wildman–Crippen MR) is 221 cm³/mol. The standard InChI is InChI=1S/2C23H20FN5/c2*1-29(19-8-4-12-27-16-19)23-20(9-5-13-28-23)22(24)21(17-6-2-10-25-14-17)18-7-3-11-26-15-18/h2*2-16,21-22H,1H3. The molecule has 0 aliphatic carbocycles. The summed E-state index contributed by atoms with van der Waals surface area (Å²) in [7, 11) is 3.72. The minimum atomic E-state index is -1.34. The molecule has 0 spiro atoms. The van der Waals surface area contributed by atoms with Gasteiger partial charge in [0.15, 0.2) is 0 Å². The van der Waals surface area contributed by atoms with Crippen LogP contribution in [0.25, 0.3) is 0 Å². The molecule has 8 rings (SSSR count). The Balaban J connectivity index is 0.000000177. The molecular formula is C46H40F2N10. The van der Waals surface area contributed by atoms with Gasteiger partial charge < -0.3 is 9.80 Å². The number of pyridine rings is 8. The van der Waals surface area contributed by atoms with Crippen LogP contribution >= 0.6 is 0 Å². The van der Waals surface area contributed by atoms with Crippen molar-refractivity contribution in [3.8, 4) is 0 Å². The Kier molecular flexibility index (Phi) is 12.8. The van der Waals surface area contributed by atoms with Crippen LogP contribution < -0.4 is 9.80 Å². The van der Waals surface area contributed by atoms with Gasteiger partial charge in [-0.25, -0.2) is 18.7 Å². The number of alkyl halides is 2. The van der Waals surface area contributed by atoms with Gasteiger partial charge in [0, 0.05) is 111 Å². The monoisotopic (exact) mass is 770 g/mol. The fraction of sp³-hybridized carbons (Fsp3) is 0.130. The molecule has 0 aromatic carbocycles. The van der Waals surface area contributed by atoms with Crippen molar-refractivity contribution in [2.75, 3.05) is 23.9 Å². The zero-order valence-electron chi connectivity index (χ0n) is 31.9. The SMILES string of the molecule is CN(c1cccnc1)c1ncccc1C(F)C(c1cccnc1)c1cccnc1.CN(c1cccnc1)c1ncccc1C(F)C(c1cccnc1)c1cccnc1. The first kappa shape index (κ1) is 38.9. The van der Waals surface area contributed by atoms with Crippen LogP contribution in [-0.2, 0) is 0 Å². The molecule has 0 radical (unpaired) electrons. The highest BCUT2D eigenvalue weighted by molar-refractivity contribution is 5.63. The number of halogens is 2. The molecule has 0 aliphatic heterocycles. The van der Waals surface area contributed by atoms with E-state index in [9.17, 15) is 0 Å². The maximum Gasteiger partial charge on any atom is 0.140 e. The number of hydrogen-bond donors (Lipinski definition) is 0. The van der Waals surface area contributed by atoms with Gasteiger partial charge >= 0.3 is 0 Å². The molecule has 0 fully saturated rings. The minimum absolute atomic E-state index is 0.497. The van der Waals surface area contributed by atoms with Gasteiger partial charge in [0.2, 0.25) is 0 Å². The lowest BCUT2D eigenvalue weighted by atomic mass is 9.86. The molecule has 0 aliphatic rings. The molecular weight excluding hydrogens is 731 g/mol. The molecule has 10 nitrogen and oxygen atoms in total. The normalized spacial score (nSPS) is 12.0. The van der Waals surface area contributed by atoms with E-state index < -0.39 is 24.2 Å². The van der Waals surface area contributed by atoms with Crippen molar-refractivity contribution >= 4 is 23.0 Å². The first-order chi connectivity index (χ1) is 28.5. The van der Waals surface area contributed by atoms with E-state index in [4.69, 9.17) is 0 Å². The second kappa shape index (κ2) is 19.0. The zero-order chi connectivity index (χ0) is 40.1. The predicted octanol–water partition coefficient (Wildman–Crippen LogP) is 9.75. The van der Waals surface area contributed by atoms with Crippen LogP contribution in [0, 0.1) is 0 Å². The Morgan fingerprint density at radius 2 is 0.672 bits per heavy atom. The van der Waals surface area contributed by atoms with Crippen molar-refractivity contribution in [1.29, 1.82) is 0 Å². The van der Waals surface area contributed by atoms with Gasteiger partial charge in [0.05, 0.1) is 23.8 Å². The fourth-order valence-corrected chi connectivity index (χ4v) is 6.82. The molecule has 8 heterocycles. The van der Waals surface area contributed by atoms with E-state index in [0.29, 0.717) is 22.8 Å². The quantitative estimate of drug-likeness (QED) is 0.119. The van der Waals surface area contributed by atoms with Crippen molar-refractivity contribution in [2.24, 2.45) is 0 Å². The van der Waals surface area contributed by atoms with Crippen LogP contribution in [0.1, 0.15) is 57.6 Å². The van der Waals surface area contributed by atoms with Gasteiger partial charge in [0.1, 0.15) is 24.0 Å². The molecule has 8 aromatic rings. The summed E-state index contributed by atoms with van der Waals surface area (Å²) in [6.45, 7) is 0. The molecule has 0 saturated heterocycles. The van der Waals surface area contributed by atoms with Gasteiger partial charge in [-0.2, -0.15) is 0 Å². The van der Waals surface area contributed by atoms with Gasteiger partial charge in [-0.15, -0.1) is 0 Å². The van der Waals surface area contributed by atoms with Crippen molar-refractivity contribution < 1.29 is 8.78 Å². The lowest BCUT2D eigenvalue weighted by molar-refractivity contribution is 0.310. The maximum absolute atomic E-state index is 16.2. The van der Waals surface area contributed by atoms with Crippen LogP contribution in [0.3, 0.4) is 0 Å². The fourth-order valence-electron chi connectivity index (χ4n) is 6.82. The third-order valence-corrected chi connectivity index (χ3v) is 9.69. The second-order valence-electron chi connectivity index (χ2n) is 13.3. The highest BCUT2D eigenvalue weighted by atomic mass is 19.1. The molecule has 2 atom stereocenters. The number of hydrogen-bond acceptors (Lipinski definition) is 10. The first-order valence-electron chi connectivity index (χ1n) is 18.6. The highest BCUT2D eigenvalue weighted by Gasteiger charge is 2.31. The number of anilines is 4. The van der Waals surface area contributed by atoms with Crippen molar-refractivity contribution in [3.05, 3.63) is 217 Å². The van der Waals surface area contributed by atoms with Gasteiger partial charge in [-0.05, 0) is 82.9 Å². The molecule has 2 unspecified atom stereocenters. The molecule has 58 heavy (non-hydrogen) atoms. The van der Waals surface area contributed by atoms with Crippen molar-refractivity contribution in [3.63, 3.8) is 0 Å². The maximum atomic E-state index is 16.2. The molecule has 8 aromatic heterocycles. The highest BCUT2D eigenvalue weighted by Crippen LogP contribution is 2.44. The molecule has 0 amide bonds. The lowest BCUT2D eigenvalue weighted by Gasteiger charge is -2.26. The molecule has 12 heteroatoms. The van der Waals surface area contributed by atoms with Crippen LogP contribution in [0.2, 0.25) is 0 Å². The Hall–Kier alpha value is -7.34. The van der Waals surface area contributed by atoms with Crippen LogP contribution in [0.15, 0.2) is 184 Å². The molecule has 0 N–H and O–H groups in total. The third kappa shape index (κ3) is 9.03. The van der Waals surface area contributed by atoms with Gasteiger partial charge in [-0.1, -0.05) is 36.4 Å². The largest absolute Gasteiger partial charge is 0.328 e. The summed E-state index contributed by atoms with van der Waals surface area (Å²) in [5.74, 6) is -0.0122. The summed E-state index contributed by atoms with van der Waals surface area (Å²) < 4.78 is 32.3. The topological polar surface area (TPSA) is 110 Å². The lowest BCUT2D eigenvalue weighted by Crippen LogP contribution is -2.17. The second-order valence-corrected chi connectivity index (χ2v) is 13.3. The summed E-state index contributed by atoms with van der Waals surface area (Å²) in [6.07, 6.45) is 21.0. The van der Waals surface area contributed by atoms with E-state index >= 15 is 8.78 Å². The van der Waals surface area contributed by atoms with E-state index in [-0.39, 0.29) is 0 Å². The Morgan fingerprint density at radius 3 is 0.948 bits per heavy atom. The summed E-state index contributed by atoms with van der Waals surface area (Å²) >= 11 is 0. The average Bonchev–Trinajstić information content (AvgIpc) is 3.31. The van der Waals surface area contributed by atoms with Crippen LogP contribution in [0.5, 0.6) is 0 Å². The molecule has 0 saturated carbocycles. The average molecular weight is 771 g/mol. The Bertz CT molecular complexity index is 2180. The van der Waals surface area contributed by atoms with Crippen LogP contribution in [-0.4, -0.2) is 54.0 Å². The third-order valence-electron chi connectivity index (χ3n) is 9.69. The van der Waals surface area contributed by atoms with Crippen LogP contribution in [0.4, 0.5) is 31.8 Å². The van der Waals surface area contributed by atoms with E-state index in [1.54, 1.807) is 111 Å². The van der Waals surface area contributed by atoms with E-state index in [1.807, 2.05) is 96.7 Å². The number of nitrogens with zero attached hydrogens (tertiary/aromatic N) is 10. The Labute approximate surface area is 336 Å². The minimum Gasteiger partial charge on any atom is -0.328 e. The van der Waals surface area contributed by atoms with Gasteiger partial charge in [-0.3, -0.25) is 29.9 Å². The van der Waals surface area contributed by atoms with E-state index in [1.165, 1.54) is 0 Å². The number of rotatable bonds is 12. The Morgan fingerprint density at radius 1 is 0.379 bits per heavy atom. The summed E-state index contributed by atoms with van der Waals surface area (Å²) in [6, 6.07) is 29.4. The molecule has 0 bridgehead atoms. The van der Waals surface area contributed by atoms with Gasteiger partial charge in [0.25, 0.3) is 0 Å². The number of aromatic nitrogens is 8. The smallest absolute Gasteiger partial charge is 0.140 e. The van der Waals surface area contributed by atoms with E-state index in [2.05, 4.69) is 39.9 Å². The first-order valence-corrected chi connectivity index (χ1v) is 18.6. The summed E-state index contributed by atoms with van der Waals surface area (Å²) in [5, 5.41) is 0. The summed E-state index contributed by atoms with van der Waals surface area (Å²) in [4.78, 5) is 37.7. The zero-order valence-corrected chi connectivity index (χ0v) is 31.9. The summed E-state index contributed by atoms with van der Waals surface area (Å²) in [5.41, 5.74) is 5.79.